The Morgan fingerprint density at radius 1 is 1.44 bits per heavy atom. The van der Waals surface area contributed by atoms with Gasteiger partial charge in [-0.25, -0.2) is 4.39 Å². The molecule has 0 aliphatic heterocycles. The molecule has 6 nitrogen and oxygen atoms in total. The first-order valence-electron chi connectivity index (χ1n) is 5.56. The highest BCUT2D eigenvalue weighted by Gasteiger charge is 2.18. The number of anilines is 1. The average molecular weight is 257 g/mol. The number of halogens is 1. The van der Waals surface area contributed by atoms with Gasteiger partial charge in [-0.15, -0.1) is 0 Å². The van der Waals surface area contributed by atoms with Crippen LogP contribution in [0, 0.1) is 15.9 Å². The van der Waals surface area contributed by atoms with Crippen LogP contribution in [0.5, 0.6) is 5.75 Å². The summed E-state index contributed by atoms with van der Waals surface area (Å²) in [5, 5.41) is 16.6. The number of nitro benzene ring substituents is 1. The molecule has 2 N–H and O–H groups in total. The van der Waals surface area contributed by atoms with Crippen molar-refractivity contribution in [2.75, 3.05) is 32.1 Å². The smallest absolute Gasteiger partial charge is 0.313 e. The Morgan fingerprint density at radius 2 is 2.17 bits per heavy atom. The predicted octanol–water partition coefficient (Wildman–Crippen LogP) is 1.76. The van der Waals surface area contributed by atoms with Gasteiger partial charge in [0.05, 0.1) is 23.8 Å². The Labute approximate surface area is 104 Å². The van der Waals surface area contributed by atoms with E-state index in [1.807, 2.05) is 6.92 Å². The molecule has 0 unspecified atom stereocenters. The van der Waals surface area contributed by atoms with E-state index < -0.39 is 10.7 Å². The zero-order chi connectivity index (χ0) is 13.5. The fourth-order valence-corrected chi connectivity index (χ4v) is 1.45. The molecule has 1 aromatic rings. The Bertz CT molecular complexity index is 426. The summed E-state index contributed by atoms with van der Waals surface area (Å²) in [6.45, 7) is 3.99. The van der Waals surface area contributed by atoms with Gasteiger partial charge in [-0.2, -0.15) is 0 Å². The molecule has 0 radical (unpaired) electrons. The second-order valence-corrected chi connectivity index (χ2v) is 3.54. The maximum atomic E-state index is 13.6. The van der Waals surface area contributed by atoms with Crippen LogP contribution in [0.4, 0.5) is 15.8 Å². The van der Waals surface area contributed by atoms with Crippen molar-refractivity contribution < 1.29 is 14.1 Å². The molecule has 1 aromatic carbocycles. The van der Waals surface area contributed by atoms with E-state index in [9.17, 15) is 14.5 Å². The molecular weight excluding hydrogens is 241 g/mol. The number of nitrogens with one attached hydrogen (secondary N) is 2. The van der Waals surface area contributed by atoms with Gasteiger partial charge < -0.3 is 15.4 Å². The largest absolute Gasteiger partial charge is 0.490 e. The molecule has 0 heterocycles. The van der Waals surface area contributed by atoms with Crippen LogP contribution < -0.4 is 15.4 Å². The van der Waals surface area contributed by atoms with E-state index in [4.69, 9.17) is 4.74 Å². The Hall–Kier alpha value is -1.89. The average Bonchev–Trinajstić information content (AvgIpc) is 2.35. The number of benzene rings is 1. The highest BCUT2D eigenvalue weighted by atomic mass is 19.1. The summed E-state index contributed by atoms with van der Waals surface area (Å²) in [6.07, 6.45) is 0. The van der Waals surface area contributed by atoms with E-state index in [1.54, 1.807) is 0 Å². The van der Waals surface area contributed by atoms with Gasteiger partial charge in [0, 0.05) is 19.2 Å². The molecule has 0 saturated carbocycles. The first-order valence-corrected chi connectivity index (χ1v) is 5.56. The lowest BCUT2D eigenvalue weighted by atomic mass is 10.2. The Kier molecular flexibility index (Phi) is 5.31. The lowest BCUT2D eigenvalue weighted by Gasteiger charge is -2.10. The summed E-state index contributed by atoms with van der Waals surface area (Å²) in [5.74, 6) is -0.633. The summed E-state index contributed by atoms with van der Waals surface area (Å²) in [7, 11) is 1.31. The van der Waals surface area contributed by atoms with E-state index in [0.29, 0.717) is 13.1 Å². The van der Waals surface area contributed by atoms with Crippen molar-refractivity contribution in [1.82, 2.24) is 5.32 Å². The molecule has 0 amide bonds. The fraction of sp³-hybridized carbons (Fsp3) is 0.455. The van der Waals surface area contributed by atoms with Gasteiger partial charge in [0.2, 0.25) is 0 Å². The maximum Gasteiger partial charge on any atom is 0.313 e. The summed E-state index contributed by atoms with van der Waals surface area (Å²) < 4.78 is 18.5. The molecule has 0 aromatic heterocycles. The lowest BCUT2D eigenvalue weighted by molar-refractivity contribution is -0.385. The zero-order valence-electron chi connectivity index (χ0n) is 10.3. The highest BCUT2D eigenvalue weighted by Crippen LogP contribution is 2.32. The van der Waals surface area contributed by atoms with E-state index in [2.05, 4.69) is 10.6 Å². The van der Waals surface area contributed by atoms with Crippen LogP contribution in [0.25, 0.3) is 0 Å². The van der Waals surface area contributed by atoms with Crippen molar-refractivity contribution in [1.29, 1.82) is 0 Å². The standard InChI is InChI=1S/C11H16FN3O3/c1-3-13-4-5-14-9-7-11(18-2)10(15(16)17)6-8(9)12/h6-7,13-14H,3-5H2,1-2H3. The molecule has 0 aliphatic rings. The third-order valence-corrected chi connectivity index (χ3v) is 2.33. The van der Waals surface area contributed by atoms with Crippen molar-refractivity contribution >= 4 is 11.4 Å². The molecule has 0 bridgehead atoms. The van der Waals surface area contributed by atoms with Crippen LogP contribution in [0.15, 0.2) is 12.1 Å². The highest BCUT2D eigenvalue weighted by molar-refractivity contribution is 5.59. The first-order chi connectivity index (χ1) is 8.60. The van der Waals surface area contributed by atoms with Gasteiger partial charge in [-0.3, -0.25) is 10.1 Å². The second-order valence-electron chi connectivity index (χ2n) is 3.54. The van der Waals surface area contributed by atoms with Crippen molar-refractivity contribution in [3.63, 3.8) is 0 Å². The molecule has 18 heavy (non-hydrogen) atoms. The first kappa shape index (κ1) is 14.2. The number of hydrogen-bond donors (Lipinski definition) is 2. The number of nitrogens with zero attached hydrogens (tertiary/aromatic N) is 1. The van der Waals surface area contributed by atoms with Crippen LogP contribution >= 0.6 is 0 Å². The number of nitro groups is 1. The molecule has 0 aliphatic carbocycles. The van der Waals surface area contributed by atoms with Crippen LogP contribution in [-0.4, -0.2) is 31.7 Å². The fourth-order valence-electron chi connectivity index (χ4n) is 1.45. The Morgan fingerprint density at radius 3 is 2.72 bits per heavy atom. The van der Waals surface area contributed by atoms with Crippen molar-refractivity contribution in [3.05, 3.63) is 28.1 Å². The normalized spacial score (nSPS) is 10.2. The van der Waals surface area contributed by atoms with Gasteiger partial charge in [0.25, 0.3) is 0 Å². The summed E-state index contributed by atoms with van der Waals surface area (Å²) in [5.41, 5.74) is -0.192. The van der Waals surface area contributed by atoms with E-state index in [-0.39, 0.29) is 17.1 Å². The van der Waals surface area contributed by atoms with Gasteiger partial charge in [0.15, 0.2) is 11.6 Å². The maximum absolute atomic E-state index is 13.6. The minimum atomic E-state index is -0.676. The SMILES string of the molecule is CCNCCNc1cc(OC)c([N+](=O)[O-])cc1F. The summed E-state index contributed by atoms with van der Waals surface area (Å²) in [4.78, 5) is 10.00. The van der Waals surface area contributed by atoms with Crippen molar-refractivity contribution in [2.45, 2.75) is 6.92 Å². The van der Waals surface area contributed by atoms with E-state index >= 15 is 0 Å². The molecule has 0 atom stereocenters. The van der Waals surface area contributed by atoms with Gasteiger partial charge in [0.1, 0.15) is 0 Å². The van der Waals surface area contributed by atoms with Gasteiger partial charge in [-0.1, -0.05) is 6.92 Å². The second kappa shape index (κ2) is 6.75. The number of hydrogen-bond acceptors (Lipinski definition) is 5. The Balaban J connectivity index is 2.83. The lowest BCUT2D eigenvalue weighted by Crippen LogP contribution is -2.21. The molecule has 0 saturated heterocycles. The topological polar surface area (TPSA) is 76.4 Å². The summed E-state index contributed by atoms with van der Waals surface area (Å²) >= 11 is 0. The van der Waals surface area contributed by atoms with Crippen LogP contribution in [0.1, 0.15) is 6.92 Å². The molecule has 100 valence electrons. The minimum absolute atomic E-state index is 0.0346. The van der Waals surface area contributed by atoms with Crippen molar-refractivity contribution in [3.8, 4) is 5.75 Å². The minimum Gasteiger partial charge on any atom is -0.490 e. The van der Waals surface area contributed by atoms with Crippen LogP contribution in [0.2, 0.25) is 0 Å². The molecule has 1 rings (SSSR count). The predicted molar refractivity (Wildman–Crippen MR) is 66.6 cm³/mol. The third kappa shape index (κ3) is 3.56. The van der Waals surface area contributed by atoms with Crippen LogP contribution in [-0.2, 0) is 0 Å². The molecule has 7 heteroatoms. The summed E-state index contributed by atoms with van der Waals surface area (Å²) in [6, 6.07) is 2.15. The molecular formula is C11H16FN3O3. The van der Waals surface area contributed by atoms with Gasteiger partial charge in [-0.05, 0) is 6.54 Å². The van der Waals surface area contributed by atoms with Gasteiger partial charge >= 0.3 is 5.69 Å². The van der Waals surface area contributed by atoms with E-state index in [0.717, 1.165) is 12.6 Å². The zero-order valence-corrected chi connectivity index (χ0v) is 10.3. The molecule has 0 spiro atoms. The quantitative estimate of drug-likeness (QED) is 0.442. The monoisotopic (exact) mass is 257 g/mol. The number of rotatable bonds is 7. The van der Waals surface area contributed by atoms with Crippen molar-refractivity contribution in [2.24, 2.45) is 0 Å². The number of likely N-dealkylation sites (N-methyl/N-ethyl adjacent to an activating group) is 1. The third-order valence-electron chi connectivity index (χ3n) is 2.33. The number of ether oxygens (including phenoxy) is 1. The molecule has 0 fully saturated rings. The number of methoxy groups -OCH3 is 1. The van der Waals surface area contributed by atoms with Crippen LogP contribution in [0.3, 0.4) is 0 Å². The van der Waals surface area contributed by atoms with E-state index in [1.165, 1.54) is 13.2 Å².